The Morgan fingerprint density at radius 2 is 2.00 bits per heavy atom. The van der Waals surface area contributed by atoms with Crippen molar-refractivity contribution < 1.29 is 13.2 Å². The van der Waals surface area contributed by atoms with Gasteiger partial charge in [-0.3, -0.25) is 4.79 Å². The van der Waals surface area contributed by atoms with E-state index in [4.69, 9.17) is 17.3 Å². The molecule has 0 spiro atoms. The number of carbonyl (C=O) groups is 1. The van der Waals surface area contributed by atoms with Crippen LogP contribution in [0, 0.1) is 0 Å². The molecule has 0 aliphatic carbocycles. The Morgan fingerprint density at radius 1 is 1.40 bits per heavy atom. The fourth-order valence-electron chi connectivity index (χ4n) is 0.907. The molecule has 1 rings (SSSR count). The molecule has 82 valence electrons. The molecule has 0 atom stereocenters. The molecule has 0 saturated carbocycles. The molecule has 0 saturated heterocycles. The molecule has 15 heavy (non-hydrogen) atoms. The predicted molar refractivity (Wildman–Crippen MR) is 55.8 cm³/mol. The Kier molecular flexibility index (Phi) is 3.67. The largest absolute Gasteiger partial charge is 0.369 e. The molecule has 0 aliphatic heterocycles. The number of rotatable bonds is 4. The molecule has 0 aliphatic rings. The summed E-state index contributed by atoms with van der Waals surface area (Å²) >= 11 is 5.69. The zero-order chi connectivity index (χ0) is 11.5. The Balaban J connectivity index is 2.97. The van der Waals surface area contributed by atoms with Crippen molar-refractivity contribution in [3.8, 4) is 0 Å². The van der Waals surface area contributed by atoms with Crippen molar-refractivity contribution in [2.45, 2.75) is 4.90 Å². The van der Waals surface area contributed by atoms with Crippen LogP contribution < -0.4 is 10.5 Å². The van der Waals surface area contributed by atoms with Crippen LogP contribution in [0.25, 0.3) is 0 Å². The maximum atomic E-state index is 11.6. The molecule has 0 bridgehead atoms. The second-order valence-corrected chi connectivity index (χ2v) is 4.86. The molecule has 1 amide bonds. The van der Waals surface area contributed by atoms with E-state index in [0.29, 0.717) is 0 Å². The summed E-state index contributed by atoms with van der Waals surface area (Å²) in [5.74, 6) is -0.759. The minimum atomic E-state index is -3.77. The monoisotopic (exact) mass is 248 g/mol. The third-order valence-electron chi connectivity index (χ3n) is 1.56. The van der Waals surface area contributed by atoms with Crippen LogP contribution in [0.3, 0.4) is 0 Å². The number of halogens is 1. The lowest BCUT2D eigenvalue weighted by atomic mass is 10.4. The Bertz CT molecular complexity index is 473. The summed E-state index contributed by atoms with van der Waals surface area (Å²) < 4.78 is 25.1. The minimum Gasteiger partial charge on any atom is -0.369 e. The van der Waals surface area contributed by atoms with E-state index in [1.807, 2.05) is 4.72 Å². The number of hydrogen-bond donors (Lipinski definition) is 2. The topological polar surface area (TPSA) is 89.3 Å². The van der Waals surface area contributed by atoms with Crippen LogP contribution in [-0.4, -0.2) is 20.9 Å². The summed E-state index contributed by atoms with van der Waals surface area (Å²) in [7, 11) is -3.77. The van der Waals surface area contributed by atoms with Crippen molar-refractivity contribution in [3.05, 3.63) is 29.3 Å². The molecule has 1 aromatic rings. The Hall–Kier alpha value is -1.11. The quantitative estimate of drug-likeness (QED) is 0.792. The SMILES string of the molecule is NC(=O)CNS(=O)(=O)c1ccccc1Cl. The van der Waals surface area contributed by atoms with Crippen LogP contribution in [0.2, 0.25) is 5.02 Å². The number of benzene rings is 1. The van der Waals surface area contributed by atoms with Crippen molar-refractivity contribution in [2.75, 3.05) is 6.54 Å². The summed E-state index contributed by atoms with van der Waals surface area (Å²) in [5, 5.41) is 0.0921. The summed E-state index contributed by atoms with van der Waals surface area (Å²) in [4.78, 5) is 10.3. The lowest BCUT2D eigenvalue weighted by Gasteiger charge is -2.05. The van der Waals surface area contributed by atoms with Gasteiger partial charge in [0.15, 0.2) is 0 Å². The van der Waals surface area contributed by atoms with Gasteiger partial charge >= 0.3 is 0 Å². The number of hydrogen-bond acceptors (Lipinski definition) is 3. The fourth-order valence-corrected chi connectivity index (χ4v) is 2.42. The molecular formula is C8H9ClN2O3S. The number of carbonyl (C=O) groups excluding carboxylic acids is 1. The first kappa shape index (κ1) is 12.0. The predicted octanol–water partition coefficient (Wildman–Crippen LogP) is 0.104. The van der Waals surface area contributed by atoms with Crippen molar-refractivity contribution in [2.24, 2.45) is 5.73 Å². The molecule has 0 heterocycles. The second kappa shape index (κ2) is 4.61. The van der Waals surface area contributed by atoms with E-state index in [-0.39, 0.29) is 9.92 Å². The fraction of sp³-hybridized carbons (Fsp3) is 0.125. The van der Waals surface area contributed by atoms with E-state index in [0.717, 1.165) is 0 Å². The lowest BCUT2D eigenvalue weighted by molar-refractivity contribution is -0.116. The van der Waals surface area contributed by atoms with Crippen molar-refractivity contribution in [1.82, 2.24) is 4.72 Å². The highest BCUT2D eigenvalue weighted by Crippen LogP contribution is 2.19. The normalized spacial score (nSPS) is 11.3. The number of primary amides is 1. The number of sulfonamides is 1. The highest BCUT2D eigenvalue weighted by molar-refractivity contribution is 7.89. The van der Waals surface area contributed by atoms with E-state index in [1.165, 1.54) is 18.2 Å². The maximum absolute atomic E-state index is 11.6. The molecule has 3 N–H and O–H groups in total. The average molecular weight is 249 g/mol. The smallest absolute Gasteiger partial charge is 0.242 e. The minimum absolute atomic E-state index is 0.0760. The van der Waals surface area contributed by atoms with Crippen molar-refractivity contribution >= 4 is 27.5 Å². The molecule has 0 fully saturated rings. The Morgan fingerprint density at radius 3 is 2.53 bits per heavy atom. The van der Waals surface area contributed by atoms with Crippen LogP contribution in [0.4, 0.5) is 0 Å². The maximum Gasteiger partial charge on any atom is 0.242 e. The van der Waals surface area contributed by atoms with Crippen LogP contribution >= 0.6 is 11.6 Å². The standard InChI is InChI=1S/C8H9ClN2O3S/c9-6-3-1-2-4-7(6)15(13,14)11-5-8(10)12/h1-4,11H,5H2,(H2,10,12). The van der Waals surface area contributed by atoms with Crippen molar-refractivity contribution in [3.63, 3.8) is 0 Å². The van der Waals surface area contributed by atoms with Gasteiger partial charge in [-0.2, -0.15) is 0 Å². The average Bonchev–Trinajstić information content (AvgIpc) is 2.15. The number of nitrogens with one attached hydrogen (secondary N) is 1. The zero-order valence-corrected chi connectivity index (χ0v) is 9.18. The highest BCUT2D eigenvalue weighted by Gasteiger charge is 2.17. The van der Waals surface area contributed by atoms with Gasteiger partial charge in [0.25, 0.3) is 0 Å². The highest BCUT2D eigenvalue weighted by atomic mass is 35.5. The van der Waals surface area contributed by atoms with Crippen LogP contribution in [-0.2, 0) is 14.8 Å². The van der Waals surface area contributed by atoms with Crippen LogP contribution in [0.5, 0.6) is 0 Å². The van der Waals surface area contributed by atoms with Gasteiger partial charge in [0.05, 0.1) is 11.6 Å². The van der Waals surface area contributed by atoms with E-state index >= 15 is 0 Å². The third kappa shape index (κ3) is 3.19. The second-order valence-electron chi connectivity index (χ2n) is 2.72. The zero-order valence-electron chi connectivity index (χ0n) is 7.60. The Labute approximate surface area is 92.3 Å². The van der Waals surface area contributed by atoms with E-state index in [2.05, 4.69) is 0 Å². The molecule has 7 heteroatoms. The van der Waals surface area contributed by atoms with Gasteiger partial charge in [0, 0.05) is 0 Å². The summed E-state index contributed by atoms with van der Waals surface area (Å²) in [6.45, 7) is -0.451. The molecule has 1 aromatic carbocycles. The summed E-state index contributed by atoms with van der Waals surface area (Å²) in [6.07, 6.45) is 0. The first-order valence-corrected chi connectivity index (χ1v) is 5.82. The molecule has 0 aromatic heterocycles. The number of amides is 1. The third-order valence-corrected chi connectivity index (χ3v) is 3.46. The molecular weight excluding hydrogens is 240 g/mol. The van der Waals surface area contributed by atoms with Gasteiger partial charge in [-0.1, -0.05) is 23.7 Å². The van der Waals surface area contributed by atoms with Gasteiger partial charge in [-0.05, 0) is 12.1 Å². The van der Waals surface area contributed by atoms with Gasteiger partial charge in [0.1, 0.15) is 4.90 Å². The van der Waals surface area contributed by atoms with Gasteiger partial charge in [-0.15, -0.1) is 0 Å². The first-order chi connectivity index (χ1) is 6.93. The van der Waals surface area contributed by atoms with Crippen LogP contribution in [0.15, 0.2) is 29.2 Å². The number of nitrogens with two attached hydrogens (primary N) is 1. The van der Waals surface area contributed by atoms with Gasteiger partial charge in [0.2, 0.25) is 15.9 Å². The molecule has 5 nitrogen and oxygen atoms in total. The van der Waals surface area contributed by atoms with Crippen molar-refractivity contribution in [1.29, 1.82) is 0 Å². The van der Waals surface area contributed by atoms with E-state index in [1.54, 1.807) is 6.07 Å². The van der Waals surface area contributed by atoms with Crippen LogP contribution in [0.1, 0.15) is 0 Å². The van der Waals surface area contributed by atoms with Gasteiger partial charge < -0.3 is 5.73 Å². The summed E-state index contributed by atoms with van der Waals surface area (Å²) in [5.41, 5.74) is 4.82. The first-order valence-electron chi connectivity index (χ1n) is 3.96. The lowest BCUT2D eigenvalue weighted by Crippen LogP contribution is -2.33. The molecule has 0 unspecified atom stereocenters. The summed E-state index contributed by atoms with van der Waals surface area (Å²) in [6, 6.07) is 5.92. The van der Waals surface area contributed by atoms with Gasteiger partial charge in [-0.25, -0.2) is 13.1 Å². The van der Waals surface area contributed by atoms with E-state index in [9.17, 15) is 13.2 Å². The molecule has 0 radical (unpaired) electrons. The van der Waals surface area contributed by atoms with E-state index < -0.39 is 22.5 Å².